The van der Waals surface area contributed by atoms with Crippen molar-refractivity contribution in [2.24, 2.45) is 0 Å². The number of carbonyl (C=O) groups excluding carboxylic acids is 1. The van der Waals surface area contributed by atoms with Gasteiger partial charge >= 0.3 is 0 Å². The van der Waals surface area contributed by atoms with Gasteiger partial charge in [-0.05, 0) is 63.9 Å². The van der Waals surface area contributed by atoms with E-state index in [-0.39, 0.29) is 5.91 Å². The lowest BCUT2D eigenvalue weighted by Gasteiger charge is -2.37. The lowest BCUT2D eigenvalue weighted by Crippen LogP contribution is -2.50. The molecular weight excluding hydrogens is 412 g/mol. The van der Waals surface area contributed by atoms with Crippen LogP contribution in [0.4, 0.5) is 0 Å². The Kier molecular flexibility index (Phi) is 6.17. The molecule has 0 spiro atoms. The minimum atomic E-state index is 0.0841. The van der Waals surface area contributed by atoms with E-state index in [1.54, 1.807) is 0 Å². The first-order valence-corrected chi connectivity index (χ1v) is 12.2. The molecule has 0 bridgehead atoms. The van der Waals surface area contributed by atoms with Crippen LogP contribution in [-0.2, 0) is 13.0 Å². The van der Waals surface area contributed by atoms with Gasteiger partial charge in [-0.2, -0.15) is 0 Å². The van der Waals surface area contributed by atoms with Crippen LogP contribution < -0.4 is 0 Å². The number of aryl methyl sites for hydroxylation is 1. The first-order chi connectivity index (χ1) is 16.0. The molecule has 5 rings (SSSR count). The van der Waals surface area contributed by atoms with Crippen LogP contribution in [0.2, 0.25) is 0 Å². The number of imidazole rings is 1. The summed E-state index contributed by atoms with van der Waals surface area (Å²) in [6.07, 6.45) is 5.28. The lowest BCUT2D eigenvalue weighted by molar-refractivity contribution is 0.0597. The number of benzene rings is 1. The van der Waals surface area contributed by atoms with E-state index < -0.39 is 0 Å². The maximum atomic E-state index is 13.3. The van der Waals surface area contributed by atoms with Crippen LogP contribution in [0.5, 0.6) is 0 Å². The van der Waals surface area contributed by atoms with Crippen molar-refractivity contribution in [1.29, 1.82) is 0 Å². The number of fused-ring (bicyclic) bond motifs is 2. The van der Waals surface area contributed by atoms with Crippen molar-refractivity contribution in [3.63, 3.8) is 0 Å². The Bertz CT molecular complexity index is 1130. The summed E-state index contributed by atoms with van der Waals surface area (Å²) >= 11 is 0. The highest BCUT2D eigenvalue weighted by atomic mass is 16.2. The SMILES string of the molecule is CC(C)N1CCN(C(=O)c2cccc3[nH]c(CN(C)C4CCCc5cccnc54)nc23)CC1. The minimum Gasteiger partial charge on any atom is -0.341 e. The quantitative estimate of drug-likeness (QED) is 0.648. The third-order valence-corrected chi connectivity index (χ3v) is 7.22. The fourth-order valence-electron chi connectivity index (χ4n) is 5.30. The van der Waals surface area contributed by atoms with Gasteiger partial charge in [0.25, 0.3) is 5.91 Å². The van der Waals surface area contributed by atoms with Crippen molar-refractivity contribution in [3.05, 3.63) is 59.2 Å². The zero-order valence-corrected chi connectivity index (χ0v) is 19.9. The van der Waals surface area contributed by atoms with Gasteiger partial charge in [-0.25, -0.2) is 4.98 Å². The van der Waals surface area contributed by atoms with Crippen molar-refractivity contribution >= 4 is 16.9 Å². The largest absolute Gasteiger partial charge is 0.341 e. The Morgan fingerprint density at radius 1 is 1.18 bits per heavy atom. The maximum absolute atomic E-state index is 13.3. The molecule has 33 heavy (non-hydrogen) atoms. The Labute approximate surface area is 195 Å². The van der Waals surface area contributed by atoms with E-state index in [4.69, 9.17) is 4.98 Å². The number of amides is 1. The number of carbonyl (C=O) groups is 1. The van der Waals surface area contributed by atoms with Gasteiger partial charge in [0.15, 0.2) is 0 Å². The van der Waals surface area contributed by atoms with Crippen LogP contribution in [0.15, 0.2) is 36.5 Å². The number of piperazine rings is 1. The zero-order chi connectivity index (χ0) is 22.9. The number of hydrogen-bond donors (Lipinski definition) is 1. The van der Waals surface area contributed by atoms with Gasteiger partial charge < -0.3 is 9.88 Å². The number of pyridine rings is 1. The summed E-state index contributed by atoms with van der Waals surface area (Å²) in [6, 6.07) is 10.9. The fraction of sp³-hybridized carbons (Fsp3) is 0.500. The van der Waals surface area contributed by atoms with E-state index in [0.717, 1.165) is 55.9 Å². The molecule has 3 aromatic rings. The Morgan fingerprint density at radius 2 is 2.00 bits per heavy atom. The molecule has 1 aliphatic carbocycles. The van der Waals surface area contributed by atoms with E-state index in [1.807, 2.05) is 35.4 Å². The number of H-pyrrole nitrogens is 1. The predicted molar refractivity (Wildman–Crippen MR) is 130 cm³/mol. The number of rotatable bonds is 5. The second kappa shape index (κ2) is 9.23. The first-order valence-electron chi connectivity index (χ1n) is 12.2. The molecule has 1 N–H and O–H groups in total. The van der Waals surface area contributed by atoms with Crippen molar-refractivity contribution in [3.8, 4) is 0 Å². The highest BCUT2D eigenvalue weighted by molar-refractivity contribution is 6.04. The summed E-state index contributed by atoms with van der Waals surface area (Å²) < 4.78 is 0. The van der Waals surface area contributed by atoms with Gasteiger partial charge in [0.1, 0.15) is 11.3 Å². The van der Waals surface area contributed by atoms with Crippen molar-refractivity contribution in [1.82, 2.24) is 29.7 Å². The first kappa shape index (κ1) is 22.0. The average molecular weight is 447 g/mol. The monoisotopic (exact) mass is 446 g/mol. The van der Waals surface area contributed by atoms with Crippen LogP contribution in [0.25, 0.3) is 11.0 Å². The second-order valence-electron chi connectivity index (χ2n) is 9.68. The molecular formula is C26H34N6O. The highest BCUT2D eigenvalue weighted by Gasteiger charge is 2.27. The summed E-state index contributed by atoms with van der Waals surface area (Å²) in [7, 11) is 2.14. The molecule has 2 aromatic heterocycles. The number of para-hydroxylation sites is 1. The van der Waals surface area contributed by atoms with Crippen molar-refractivity contribution in [2.75, 3.05) is 33.2 Å². The van der Waals surface area contributed by atoms with Gasteiger partial charge in [0.05, 0.1) is 29.4 Å². The summed E-state index contributed by atoms with van der Waals surface area (Å²) in [5.41, 5.74) is 4.95. The Balaban J connectivity index is 1.34. The van der Waals surface area contributed by atoms with E-state index in [0.29, 0.717) is 24.2 Å². The molecule has 3 heterocycles. The molecule has 7 heteroatoms. The van der Waals surface area contributed by atoms with Crippen LogP contribution in [0.1, 0.15) is 60.2 Å². The van der Waals surface area contributed by atoms with Crippen molar-refractivity contribution < 1.29 is 4.79 Å². The van der Waals surface area contributed by atoms with E-state index in [2.05, 4.69) is 46.7 Å². The number of aromatic nitrogens is 3. The van der Waals surface area contributed by atoms with E-state index in [1.165, 1.54) is 17.7 Å². The standard InChI is InChI=1S/C26H34N6O/c1-18(2)31-13-15-32(16-14-31)26(33)20-9-5-10-21-25(20)29-23(28-21)17-30(3)22-11-4-7-19-8-6-12-27-24(19)22/h5-6,8-10,12,18,22H,4,7,11,13-17H2,1-3H3,(H,28,29). The molecule has 1 fully saturated rings. The average Bonchev–Trinajstić information content (AvgIpc) is 3.25. The van der Waals surface area contributed by atoms with Crippen LogP contribution in [0, 0.1) is 0 Å². The third kappa shape index (κ3) is 4.39. The van der Waals surface area contributed by atoms with Gasteiger partial charge in [-0.1, -0.05) is 12.1 Å². The number of hydrogen-bond acceptors (Lipinski definition) is 5. The molecule has 0 radical (unpaired) electrons. The van der Waals surface area contributed by atoms with Gasteiger partial charge in [-0.15, -0.1) is 0 Å². The Morgan fingerprint density at radius 3 is 2.79 bits per heavy atom. The number of aromatic amines is 1. The Hall–Kier alpha value is -2.77. The molecule has 1 atom stereocenters. The second-order valence-corrected chi connectivity index (χ2v) is 9.68. The van der Waals surface area contributed by atoms with E-state index in [9.17, 15) is 4.79 Å². The molecule has 174 valence electrons. The summed E-state index contributed by atoms with van der Waals surface area (Å²) in [5.74, 6) is 0.973. The van der Waals surface area contributed by atoms with Gasteiger partial charge in [0, 0.05) is 38.4 Å². The van der Waals surface area contributed by atoms with Crippen LogP contribution in [0.3, 0.4) is 0 Å². The molecule has 7 nitrogen and oxygen atoms in total. The lowest BCUT2D eigenvalue weighted by atomic mass is 9.91. The molecule has 1 aromatic carbocycles. The zero-order valence-electron chi connectivity index (χ0n) is 19.9. The molecule has 1 amide bonds. The van der Waals surface area contributed by atoms with Crippen LogP contribution in [-0.4, -0.2) is 74.8 Å². The molecule has 0 saturated carbocycles. The third-order valence-electron chi connectivity index (χ3n) is 7.22. The number of nitrogens with one attached hydrogen (secondary N) is 1. The maximum Gasteiger partial charge on any atom is 0.256 e. The summed E-state index contributed by atoms with van der Waals surface area (Å²) in [5, 5.41) is 0. The molecule has 1 aliphatic heterocycles. The van der Waals surface area contributed by atoms with E-state index >= 15 is 0 Å². The van der Waals surface area contributed by atoms with Crippen molar-refractivity contribution in [2.45, 2.75) is 51.7 Å². The predicted octanol–water partition coefficient (Wildman–Crippen LogP) is 3.63. The highest BCUT2D eigenvalue weighted by Crippen LogP contribution is 2.32. The fourth-order valence-corrected chi connectivity index (χ4v) is 5.30. The summed E-state index contributed by atoms with van der Waals surface area (Å²) in [4.78, 5) is 33.1. The van der Waals surface area contributed by atoms with Gasteiger partial charge in [-0.3, -0.25) is 19.6 Å². The normalized spacial score (nSPS) is 19.4. The van der Waals surface area contributed by atoms with Crippen LogP contribution >= 0.6 is 0 Å². The minimum absolute atomic E-state index is 0.0841. The smallest absolute Gasteiger partial charge is 0.256 e. The van der Waals surface area contributed by atoms with Gasteiger partial charge in [0.2, 0.25) is 0 Å². The molecule has 1 unspecified atom stereocenters. The molecule has 1 saturated heterocycles. The topological polar surface area (TPSA) is 68.4 Å². The molecule has 2 aliphatic rings. The summed E-state index contributed by atoms with van der Waals surface area (Å²) in [6.45, 7) is 8.49. The number of nitrogens with zero attached hydrogens (tertiary/aromatic N) is 5.